The highest BCUT2D eigenvalue weighted by molar-refractivity contribution is 6.31. The molecular weight excluding hydrogens is 255 g/mol. The van der Waals surface area contributed by atoms with Crippen molar-refractivity contribution in [2.75, 3.05) is 6.54 Å². The molecule has 0 aliphatic rings. The van der Waals surface area contributed by atoms with Crippen LogP contribution in [-0.2, 0) is 12.8 Å². The first-order valence-electron chi connectivity index (χ1n) is 5.74. The molecule has 18 heavy (non-hydrogen) atoms. The number of benzene rings is 1. The van der Waals surface area contributed by atoms with Crippen LogP contribution in [0.15, 0.2) is 18.2 Å². The van der Waals surface area contributed by atoms with E-state index in [9.17, 15) is 4.39 Å². The molecule has 0 amide bonds. The van der Waals surface area contributed by atoms with Crippen molar-refractivity contribution >= 4 is 11.6 Å². The first-order chi connectivity index (χ1) is 8.70. The maximum Gasteiger partial charge on any atom is 0.150 e. The Hall–Kier alpha value is -1.46. The fraction of sp³-hybridized carbons (Fsp3) is 0.333. The average Bonchev–Trinajstić information content (AvgIpc) is 2.79. The van der Waals surface area contributed by atoms with Gasteiger partial charge in [-0.2, -0.15) is 5.10 Å². The van der Waals surface area contributed by atoms with Crippen molar-refractivity contribution in [3.8, 4) is 0 Å². The van der Waals surface area contributed by atoms with Gasteiger partial charge in [-0.15, -0.1) is 0 Å². The van der Waals surface area contributed by atoms with Gasteiger partial charge in [0.2, 0.25) is 0 Å². The lowest BCUT2D eigenvalue weighted by Crippen LogP contribution is -2.01. The molecule has 6 heteroatoms. The largest absolute Gasteiger partial charge is 0.330 e. The third-order valence-corrected chi connectivity index (χ3v) is 2.94. The number of hydrogen-bond donors (Lipinski definition) is 2. The number of hydrogen-bond acceptors (Lipinski definition) is 3. The number of H-pyrrole nitrogens is 1. The van der Waals surface area contributed by atoms with Gasteiger partial charge in [-0.1, -0.05) is 17.7 Å². The van der Waals surface area contributed by atoms with Crippen molar-refractivity contribution in [3.63, 3.8) is 0 Å². The summed E-state index contributed by atoms with van der Waals surface area (Å²) in [5, 5.41) is 7.24. The van der Waals surface area contributed by atoms with Crippen molar-refractivity contribution in [3.05, 3.63) is 46.3 Å². The van der Waals surface area contributed by atoms with E-state index in [4.69, 9.17) is 17.3 Å². The van der Waals surface area contributed by atoms with E-state index in [0.717, 1.165) is 12.8 Å². The minimum atomic E-state index is -0.331. The lowest BCUT2D eigenvalue weighted by Gasteiger charge is -2.02. The standard InChI is InChI=1S/C12H14ClFN4/c13-9-3-1-4-10(14)8(9)7-12-16-11(17-18-12)5-2-6-15/h1,3-4H,2,5-7,15H2,(H,16,17,18). The van der Waals surface area contributed by atoms with Crippen LogP contribution in [0.2, 0.25) is 5.02 Å². The number of rotatable bonds is 5. The predicted molar refractivity (Wildman–Crippen MR) is 68.0 cm³/mol. The van der Waals surface area contributed by atoms with Gasteiger partial charge in [0.1, 0.15) is 11.6 Å². The molecule has 2 rings (SSSR count). The van der Waals surface area contributed by atoms with E-state index >= 15 is 0 Å². The van der Waals surface area contributed by atoms with Crippen LogP contribution in [0.4, 0.5) is 4.39 Å². The summed E-state index contributed by atoms with van der Waals surface area (Å²) in [6.07, 6.45) is 1.86. The Morgan fingerprint density at radius 3 is 2.94 bits per heavy atom. The maximum atomic E-state index is 13.6. The van der Waals surface area contributed by atoms with E-state index in [1.165, 1.54) is 6.07 Å². The third kappa shape index (κ3) is 3.05. The average molecular weight is 269 g/mol. The molecule has 96 valence electrons. The van der Waals surface area contributed by atoms with E-state index in [1.807, 2.05) is 0 Å². The number of nitrogens with zero attached hydrogens (tertiary/aromatic N) is 2. The van der Waals surface area contributed by atoms with Gasteiger partial charge >= 0.3 is 0 Å². The summed E-state index contributed by atoms with van der Waals surface area (Å²) in [7, 11) is 0. The van der Waals surface area contributed by atoms with Gasteiger partial charge in [0.05, 0.1) is 0 Å². The zero-order valence-electron chi connectivity index (χ0n) is 9.79. The van der Waals surface area contributed by atoms with Gasteiger partial charge in [0, 0.05) is 23.4 Å². The Balaban J connectivity index is 2.11. The number of aromatic nitrogens is 3. The highest BCUT2D eigenvalue weighted by Crippen LogP contribution is 2.21. The molecule has 0 spiro atoms. The summed E-state index contributed by atoms with van der Waals surface area (Å²) in [6.45, 7) is 0.600. The van der Waals surface area contributed by atoms with Crippen molar-refractivity contribution in [1.29, 1.82) is 0 Å². The van der Waals surface area contributed by atoms with Crippen LogP contribution in [0.5, 0.6) is 0 Å². The highest BCUT2D eigenvalue weighted by atomic mass is 35.5. The Kier molecular flexibility index (Phi) is 4.28. The van der Waals surface area contributed by atoms with Gasteiger partial charge in [-0.3, -0.25) is 5.10 Å². The summed E-state index contributed by atoms with van der Waals surface area (Å²) in [6, 6.07) is 4.62. The summed E-state index contributed by atoms with van der Waals surface area (Å²) in [5.74, 6) is 0.972. The van der Waals surface area contributed by atoms with E-state index in [1.54, 1.807) is 12.1 Å². The maximum absolute atomic E-state index is 13.6. The second-order valence-electron chi connectivity index (χ2n) is 3.97. The van der Waals surface area contributed by atoms with Gasteiger partial charge < -0.3 is 5.73 Å². The van der Waals surface area contributed by atoms with Crippen LogP contribution in [0.3, 0.4) is 0 Å². The van der Waals surface area contributed by atoms with Crippen LogP contribution in [0.25, 0.3) is 0 Å². The molecule has 0 saturated carbocycles. The van der Waals surface area contributed by atoms with E-state index in [0.29, 0.717) is 35.2 Å². The van der Waals surface area contributed by atoms with Gasteiger partial charge in [0.15, 0.2) is 5.82 Å². The molecule has 4 nitrogen and oxygen atoms in total. The second-order valence-corrected chi connectivity index (χ2v) is 4.37. The zero-order valence-corrected chi connectivity index (χ0v) is 10.5. The van der Waals surface area contributed by atoms with Crippen LogP contribution in [0, 0.1) is 5.82 Å². The van der Waals surface area contributed by atoms with E-state index < -0.39 is 0 Å². The van der Waals surface area contributed by atoms with Crippen molar-refractivity contribution in [2.45, 2.75) is 19.3 Å². The SMILES string of the molecule is NCCCc1n[nH]c(Cc2c(F)cccc2Cl)n1. The minimum Gasteiger partial charge on any atom is -0.330 e. The van der Waals surface area contributed by atoms with Crippen LogP contribution >= 0.6 is 11.6 Å². The first-order valence-corrected chi connectivity index (χ1v) is 6.11. The molecule has 0 saturated heterocycles. The van der Waals surface area contributed by atoms with E-state index in [2.05, 4.69) is 15.2 Å². The molecule has 0 aliphatic heterocycles. The van der Waals surface area contributed by atoms with Crippen LogP contribution < -0.4 is 5.73 Å². The molecule has 0 atom stereocenters. The smallest absolute Gasteiger partial charge is 0.150 e. The number of halogens is 2. The fourth-order valence-electron chi connectivity index (χ4n) is 1.65. The van der Waals surface area contributed by atoms with Gasteiger partial charge in [-0.25, -0.2) is 9.37 Å². The number of nitrogens with two attached hydrogens (primary N) is 1. The lowest BCUT2D eigenvalue weighted by atomic mass is 10.1. The lowest BCUT2D eigenvalue weighted by molar-refractivity contribution is 0.612. The zero-order chi connectivity index (χ0) is 13.0. The normalized spacial score (nSPS) is 10.8. The quantitative estimate of drug-likeness (QED) is 0.872. The Bertz CT molecular complexity index is 506. The molecule has 1 aromatic carbocycles. The molecule has 0 unspecified atom stereocenters. The molecular formula is C12H14ClFN4. The van der Waals surface area contributed by atoms with Crippen LogP contribution in [-0.4, -0.2) is 21.7 Å². The molecule has 1 aromatic heterocycles. The third-order valence-electron chi connectivity index (χ3n) is 2.59. The van der Waals surface area contributed by atoms with Gasteiger partial charge in [-0.05, 0) is 25.1 Å². The Morgan fingerprint density at radius 2 is 2.22 bits per heavy atom. The second kappa shape index (κ2) is 5.93. The number of aromatic amines is 1. The Morgan fingerprint density at radius 1 is 1.39 bits per heavy atom. The van der Waals surface area contributed by atoms with Gasteiger partial charge in [0.25, 0.3) is 0 Å². The van der Waals surface area contributed by atoms with E-state index in [-0.39, 0.29) is 5.82 Å². The number of aryl methyl sites for hydroxylation is 1. The molecule has 1 heterocycles. The van der Waals surface area contributed by atoms with Crippen molar-refractivity contribution < 1.29 is 4.39 Å². The molecule has 0 bridgehead atoms. The molecule has 2 aromatic rings. The van der Waals surface area contributed by atoms with Crippen molar-refractivity contribution in [2.24, 2.45) is 5.73 Å². The minimum absolute atomic E-state index is 0.307. The summed E-state index contributed by atoms with van der Waals surface area (Å²) in [5.41, 5.74) is 5.84. The predicted octanol–water partition coefficient (Wildman–Crippen LogP) is 2.08. The Labute approximate surface area is 109 Å². The summed E-state index contributed by atoms with van der Waals surface area (Å²) < 4.78 is 13.6. The number of nitrogens with one attached hydrogen (secondary N) is 1. The summed E-state index contributed by atoms with van der Waals surface area (Å²) in [4.78, 5) is 4.28. The molecule has 0 fully saturated rings. The highest BCUT2D eigenvalue weighted by Gasteiger charge is 2.10. The van der Waals surface area contributed by atoms with Crippen LogP contribution in [0.1, 0.15) is 23.6 Å². The molecule has 3 N–H and O–H groups in total. The summed E-state index contributed by atoms with van der Waals surface area (Å²) >= 11 is 5.95. The monoisotopic (exact) mass is 268 g/mol. The molecule has 0 aliphatic carbocycles. The fourth-order valence-corrected chi connectivity index (χ4v) is 1.88. The topological polar surface area (TPSA) is 67.6 Å². The van der Waals surface area contributed by atoms with Crippen molar-refractivity contribution in [1.82, 2.24) is 15.2 Å². The first kappa shape index (κ1) is 13.0. The molecule has 0 radical (unpaired) electrons.